The van der Waals surface area contributed by atoms with E-state index < -0.39 is 22.7 Å². The minimum absolute atomic E-state index is 0.200. The van der Waals surface area contributed by atoms with Crippen LogP contribution in [0.15, 0.2) is 36.7 Å². The van der Waals surface area contributed by atoms with Gasteiger partial charge >= 0.3 is 6.18 Å². The maximum atomic E-state index is 13.0. The summed E-state index contributed by atoms with van der Waals surface area (Å²) in [5, 5.41) is 5.73. The molecule has 0 saturated heterocycles. The Labute approximate surface area is 196 Å². The van der Waals surface area contributed by atoms with Gasteiger partial charge in [-0.05, 0) is 19.1 Å². The average Bonchev–Trinajstić information content (AvgIpc) is 3.28. The van der Waals surface area contributed by atoms with Gasteiger partial charge in [0.15, 0.2) is 0 Å². The van der Waals surface area contributed by atoms with E-state index in [1.54, 1.807) is 20.3 Å². The first kappa shape index (κ1) is 24.7. The molecule has 0 radical (unpaired) electrons. The van der Waals surface area contributed by atoms with Gasteiger partial charge in [0.2, 0.25) is 0 Å². The smallest absolute Gasteiger partial charge is 0.418 e. The van der Waals surface area contributed by atoms with Crippen molar-refractivity contribution in [3.8, 4) is 11.5 Å². The average molecular weight is 501 g/mol. The summed E-state index contributed by atoms with van der Waals surface area (Å²) >= 11 is 6.68. The van der Waals surface area contributed by atoms with Gasteiger partial charge in [-0.1, -0.05) is 17.7 Å². The first-order valence-electron chi connectivity index (χ1n) is 9.56. The number of benzene rings is 1. The largest absolute Gasteiger partial charge is 0.497 e. The molecule has 1 amide bonds. The number of aromatic nitrogens is 2. The molecule has 0 aliphatic rings. The van der Waals surface area contributed by atoms with E-state index in [2.05, 4.69) is 20.6 Å². The van der Waals surface area contributed by atoms with Crippen molar-refractivity contribution >= 4 is 34.7 Å². The zero-order valence-corrected chi connectivity index (χ0v) is 19.4. The van der Waals surface area contributed by atoms with Gasteiger partial charge in [0.25, 0.3) is 5.91 Å². The van der Waals surface area contributed by atoms with E-state index in [9.17, 15) is 18.0 Å². The Morgan fingerprint density at radius 3 is 2.61 bits per heavy atom. The number of alkyl halides is 3. The van der Waals surface area contributed by atoms with Gasteiger partial charge < -0.3 is 20.1 Å². The number of carbonyl (C=O) groups excluding carboxylic acids is 1. The fourth-order valence-corrected chi connectivity index (χ4v) is 3.89. The van der Waals surface area contributed by atoms with Crippen LogP contribution in [0.2, 0.25) is 5.02 Å². The Morgan fingerprint density at radius 1 is 1.18 bits per heavy atom. The van der Waals surface area contributed by atoms with Crippen LogP contribution in [-0.2, 0) is 12.7 Å². The number of thiazole rings is 1. The third-order valence-corrected chi connectivity index (χ3v) is 6.09. The molecule has 0 bridgehead atoms. The molecule has 2 heterocycles. The number of carbonyl (C=O) groups is 1. The standard InChI is InChI=1S/C21H20ClF3N4O3S/c1-11(26-8-12-4-5-13(31-2)6-16(12)32-3)20-28-10-17(33-20)19(30)29-18-7-14(21(23,24)25)15(22)9-27-18/h4-7,9-11,26H,8H2,1-3H3,(H,27,29,30). The maximum absolute atomic E-state index is 13.0. The summed E-state index contributed by atoms with van der Waals surface area (Å²) in [4.78, 5) is 20.7. The molecule has 7 nitrogen and oxygen atoms in total. The zero-order valence-electron chi connectivity index (χ0n) is 17.8. The molecule has 0 aliphatic heterocycles. The van der Waals surface area contributed by atoms with E-state index in [1.807, 2.05) is 19.1 Å². The summed E-state index contributed by atoms with van der Waals surface area (Å²) in [5.41, 5.74) is -0.166. The SMILES string of the molecule is COc1ccc(CNC(C)c2ncc(C(=O)Nc3cc(C(F)(F)F)c(Cl)cn3)s2)c(OC)c1. The van der Waals surface area contributed by atoms with Crippen molar-refractivity contribution in [2.45, 2.75) is 25.7 Å². The van der Waals surface area contributed by atoms with E-state index in [0.717, 1.165) is 23.1 Å². The van der Waals surface area contributed by atoms with Gasteiger partial charge in [0.1, 0.15) is 27.2 Å². The Kier molecular flexibility index (Phi) is 7.77. The number of nitrogens with one attached hydrogen (secondary N) is 2. The summed E-state index contributed by atoms with van der Waals surface area (Å²) in [5.74, 6) is 0.467. The van der Waals surface area contributed by atoms with Crippen LogP contribution in [0.4, 0.5) is 19.0 Å². The summed E-state index contributed by atoms with van der Waals surface area (Å²) in [6, 6.07) is 5.98. The highest BCUT2D eigenvalue weighted by atomic mass is 35.5. The molecule has 0 fully saturated rings. The quantitative estimate of drug-likeness (QED) is 0.435. The first-order valence-corrected chi connectivity index (χ1v) is 10.8. The number of pyridine rings is 1. The highest BCUT2D eigenvalue weighted by Crippen LogP contribution is 2.35. The third kappa shape index (κ3) is 6.12. The summed E-state index contributed by atoms with van der Waals surface area (Å²) in [6.45, 7) is 2.36. The number of ether oxygens (including phenoxy) is 2. The van der Waals surface area contributed by atoms with Crippen LogP contribution in [0.1, 0.15) is 38.8 Å². The monoisotopic (exact) mass is 500 g/mol. The molecule has 0 aliphatic carbocycles. The fourth-order valence-electron chi connectivity index (χ4n) is 2.84. The Bertz CT molecular complexity index is 1140. The normalized spacial score (nSPS) is 12.3. The van der Waals surface area contributed by atoms with E-state index in [-0.39, 0.29) is 16.7 Å². The van der Waals surface area contributed by atoms with Crippen LogP contribution < -0.4 is 20.1 Å². The van der Waals surface area contributed by atoms with E-state index in [4.69, 9.17) is 21.1 Å². The van der Waals surface area contributed by atoms with Gasteiger partial charge in [0.05, 0.1) is 37.0 Å². The number of methoxy groups -OCH3 is 2. The second kappa shape index (κ2) is 10.4. The lowest BCUT2D eigenvalue weighted by Crippen LogP contribution is -2.18. The van der Waals surface area contributed by atoms with Gasteiger partial charge in [-0.25, -0.2) is 9.97 Å². The zero-order chi connectivity index (χ0) is 24.2. The summed E-state index contributed by atoms with van der Waals surface area (Å²) in [6.07, 6.45) is -2.45. The van der Waals surface area contributed by atoms with Crippen LogP contribution in [0.3, 0.4) is 0 Å². The highest BCUT2D eigenvalue weighted by Gasteiger charge is 2.34. The van der Waals surface area contributed by atoms with E-state index >= 15 is 0 Å². The Hall–Kier alpha value is -2.89. The lowest BCUT2D eigenvalue weighted by Gasteiger charge is -2.14. The number of hydrogen-bond acceptors (Lipinski definition) is 7. The lowest BCUT2D eigenvalue weighted by molar-refractivity contribution is -0.137. The number of hydrogen-bond donors (Lipinski definition) is 2. The molecular weight excluding hydrogens is 481 g/mol. The second-order valence-electron chi connectivity index (χ2n) is 6.84. The molecule has 176 valence electrons. The second-order valence-corrected chi connectivity index (χ2v) is 8.31. The minimum Gasteiger partial charge on any atom is -0.497 e. The maximum Gasteiger partial charge on any atom is 0.418 e. The fraction of sp³-hybridized carbons (Fsp3) is 0.286. The molecule has 1 unspecified atom stereocenters. The third-order valence-electron chi connectivity index (χ3n) is 4.61. The molecule has 0 saturated carbocycles. The van der Waals surface area contributed by atoms with Crippen LogP contribution in [0.25, 0.3) is 0 Å². The number of anilines is 1. The number of rotatable bonds is 8. The van der Waals surface area contributed by atoms with Crippen molar-refractivity contribution in [1.29, 1.82) is 0 Å². The highest BCUT2D eigenvalue weighted by molar-refractivity contribution is 7.13. The summed E-state index contributed by atoms with van der Waals surface area (Å²) < 4.78 is 49.6. The molecule has 3 aromatic rings. The molecule has 0 spiro atoms. The molecule has 2 aromatic heterocycles. The lowest BCUT2D eigenvalue weighted by atomic mass is 10.2. The predicted molar refractivity (Wildman–Crippen MR) is 119 cm³/mol. The number of halogens is 4. The molecule has 1 aromatic carbocycles. The van der Waals surface area contributed by atoms with Gasteiger partial charge in [-0.2, -0.15) is 13.2 Å². The first-order chi connectivity index (χ1) is 15.6. The van der Waals surface area contributed by atoms with Gasteiger partial charge in [-0.15, -0.1) is 11.3 Å². The molecule has 1 atom stereocenters. The van der Waals surface area contributed by atoms with Crippen molar-refractivity contribution in [3.63, 3.8) is 0 Å². The van der Waals surface area contributed by atoms with Gasteiger partial charge in [0, 0.05) is 24.4 Å². The van der Waals surface area contributed by atoms with Crippen LogP contribution in [-0.4, -0.2) is 30.1 Å². The molecule has 33 heavy (non-hydrogen) atoms. The van der Waals surface area contributed by atoms with Crippen LogP contribution >= 0.6 is 22.9 Å². The van der Waals surface area contributed by atoms with Crippen LogP contribution in [0.5, 0.6) is 11.5 Å². The van der Waals surface area contributed by atoms with E-state index in [0.29, 0.717) is 29.1 Å². The minimum atomic E-state index is -4.66. The van der Waals surface area contributed by atoms with Crippen LogP contribution in [0, 0.1) is 0 Å². The Morgan fingerprint density at radius 2 is 1.94 bits per heavy atom. The van der Waals surface area contributed by atoms with Crippen molar-refractivity contribution < 1.29 is 27.4 Å². The molecule has 2 N–H and O–H groups in total. The molecular formula is C21H20ClF3N4O3S. The molecule has 12 heteroatoms. The van der Waals surface area contributed by atoms with Crippen molar-refractivity contribution in [2.75, 3.05) is 19.5 Å². The molecule has 3 rings (SSSR count). The van der Waals surface area contributed by atoms with Crippen molar-refractivity contribution in [3.05, 3.63) is 62.7 Å². The Balaban J connectivity index is 1.65. The predicted octanol–water partition coefficient (Wildman–Crippen LogP) is 5.33. The van der Waals surface area contributed by atoms with Gasteiger partial charge in [-0.3, -0.25) is 4.79 Å². The van der Waals surface area contributed by atoms with E-state index in [1.165, 1.54) is 6.20 Å². The summed E-state index contributed by atoms with van der Waals surface area (Å²) in [7, 11) is 3.14. The number of amides is 1. The van der Waals surface area contributed by atoms with Crippen molar-refractivity contribution in [1.82, 2.24) is 15.3 Å². The topological polar surface area (TPSA) is 85.4 Å². The number of nitrogens with zero attached hydrogens (tertiary/aromatic N) is 2. The van der Waals surface area contributed by atoms with Crippen molar-refractivity contribution in [2.24, 2.45) is 0 Å².